The summed E-state index contributed by atoms with van der Waals surface area (Å²) in [4.78, 5) is 4.68. The van der Waals surface area contributed by atoms with Crippen molar-refractivity contribution >= 4 is 11.1 Å². The lowest BCUT2D eigenvalue weighted by Gasteiger charge is -2.23. The van der Waals surface area contributed by atoms with Gasteiger partial charge in [-0.1, -0.05) is 25.5 Å². The van der Waals surface area contributed by atoms with E-state index in [9.17, 15) is 0 Å². The Kier molecular flexibility index (Phi) is 2.63. The summed E-state index contributed by atoms with van der Waals surface area (Å²) < 4.78 is 5.96. The largest absolute Gasteiger partial charge is 0.440 e. The second-order valence-corrected chi connectivity index (χ2v) is 4.94. The zero-order chi connectivity index (χ0) is 11.7. The van der Waals surface area contributed by atoms with Crippen molar-refractivity contribution in [1.82, 2.24) is 10.3 Å². The van der Waals surface area contributed by atoms with Crippen molar-refractivity contribution in [2.45, 2.75) is 31.6 Å². The minimum Gasteiger partial charge on any atom is -0.440 e. The number of nitrogens with zero attached hydrogens (tertiary/aromatic N) is 1. The second-order valence-electron chi connectivity index (χ2n) is 4.94. The minimum atomic E-state index is 0.119. The van der Waals surface area contributed by atoms with E-state index in [1.165, 1.54) is 6.42 Å². The van der Waals surface area contributed by atoms with Crippen LogP contribution in [-0.4, -0.2) is 18.1 Å². The molecule has 0 amide bonds. The molecule has 2 heterocycles. The number of aromatic nitrogens is 1. The number of hydrogen-bond donors (Lipinski definition) is 1. The molecule has 3 nitrogen and oxygen atoms in total. The maximum atomic E-state index is 5.96. The van der Waals surface area contributed by atoms with Crippen molar-refractivity contribution in [2.24, 2.45) is 0 Å². The maximum absolute atomic E-state index is 5.96. The lowest BCUT2D eigenvalue weighted by molar-refractivity contribution is 0.331. The van der Waals surface area contributed by atoms with E-state index >= 15 is 0 Å². The molecule has 1 aromatic heterocycles. The third-order valence-electron chi connectivity index (χ3n) is 3.72. The third kappa shape index (κ3) is 1.75. The highest BCUT2D eigenvalue weighted by atomic mass is 16.3. The first-order valence-corrected chi connectivity index (χ1v) is 6.41. The van der Waals surface area contributed by atoms with Crippen LogP contribution in [0.1, 0.15) is 32.1 Å². The highest BCUT2D eigenvalue weighted by Crippen LogP contribution is 2.36. The quantitative estimate of drug-likeness (QED) is 0.881. The molecule has 2 aromatic rings. The van der Waals surface area contributed by atoms with Crippen molar-refractivity contribution in [1.29, 1.82) is 0 Å². The van der Waals surface area contributed by atoms with Crippen LogP contribution in [0, 0.1) is 0 Å². The van der Waals surface area contributed by atoms with E-state index < -0.39 is 0 Å². The zero-order valence-corrected chi connectivity index (χ0v) is 10.2. The number of fused-ring (bicyclic) bond motifs is 1. The summed E-state index contributed by atoms with van der Waals surface area (Å²) >= 11 is 0. The van der Waals surface area contributed by atoms with Gasteiger partial charge in [-0.25, -0.2) is 4.98 Å². The molecular weight excluding hydrogens is 212 g/mol. The molecule has 1 N–H and O–H groups in total. The Morgan fingerprint density at radius 2 is 2.29 bits per heavy atom. The fourth-order valence-corrected chi connectivity index (χ4v) is 2.82. The first kappa shape index (κ1) is 10.8. The lowest BCUT2D eigenvalue weighted by atomic mass is 9.82. The summed E-state index contributed by atoms with van der Waals surface area (Å²) in [6.07, 6.45) is 3.45. The van der Waals surface area contributed by atoms with Crippen LogP contribution in [-0.2, 0) is 5.41 Å². The van der Waals surface area contributed by atoms with Gasteiger partial charge in [0.05, 0.1) is 5.41 Å². The number of nitrogens with one attached hydrogen (secondary N) is 1. The Balaban J connectivity index is 2.05. The summed E-state index contributed by atoms with van der Waals surface area (Å²) in [5, 5.41) is 3.44. The zero-order valence-electron chi connectivity index (χ0n) is 10.2. The van der Waals surface area contributed by atoms with Gasteiger partial charge in [0.1, 0.15) is 5.52 Å². The molecule has 1 atom stereocenters. The van der Waals surface area contributed by atoms with E-state index in [0.29, 0.717) is 0 Å². The molecule has 0 saturated carbocycles. The van der Waals surface area contributed by atoms with Gasteiger partial charge in [0.2, 0.25) is 5.89 Å². The Morgan fingerprint density at radius 3 is 3.00 bits per heavy atom. The van der Waals surface area contributed by atoms with Crippen LogP contribution in [0.4, 0.5) is 0 Å². The topological polar surface area (TPSA) is 38.1 Å². The Hall–Kier alpha value is -1.35. The van der Waals surface area contributed by atoms with Gasteiger partial charge >= 0.3 is 0 Å². The van der Waals surface area contributed by atoms with Crippen LogP contribution in [0.3, 0.4) is 0 Å². The number of rotatable bonds is 3. The van der Waals surface area contributed by atoms with Gasteiger partial charge in [0, 0.05) is 6.54 Å². The van der Waals surface area contributed by atoms with Crippen molar-refractivity contribution in [3.05, 3.63) is 30.2 Å². The van der Waals surface area contributed by atoms with E-state index in [4.69, 9.17) is 4.42 Å². The molecule has 17 heavy (non-hydrogen) atoms. The van der Waals surface area contributed by atoms with Gasteiger partial charge in [0.15, 0.2) is 5.58 Å². The second kappa shape index (κ2) is 4.15. The van der Waals surface area contributed by atoms with Crippen molar-refractivity contribution in [2.75, 3.05) is 13.1 Å². The minimum absolute atomic E-state index is 0.119. The summed E-state index contributed by atoms with van der Waals surface area (Å²) in [5.74, 6) is 0.922. The van der Waals surface area contributed by atoms with Gasteiger partial charge in [-0.15, -0.1) is 0 Å². The van der Waals surface area contributed by atoms with Crippen LogP contribution in [0.15, 0.2) is 28.7 Å². The summed E-state index contributed by atoms with van der Waals surface area (Å²) in [6.45, 7) is 4.29. The monoisotopic (exact) mass is 230 g/mol. The SMILES string of the molecule is CCCC1(c2nc3ccccc3o2)CCNC1. The molecule has 1 aliphatic rings. The highest BCUT2D eigenvalue weighted by molar-refractivity contribution is 5.72. The van der Waals surface area contributed by atoms with Gasteiger partial charge in [-0.2, -0.15) is 0 Å². The van der Waals surface area contributed by atoms with Gasteiger partial charge in [-0.05, 0) is 31.5 Å². The molecule has 0 bridgehead atoms. The number of benzene rings is 1. The number of hydrogen-bond acceptors (Lipinski definition) is 3. The molecule has 1 fully saturated rings. The molecule has 3 rings (SSSR count). The number of oxazole rings is 1. The Bertz CT molecular complexity index is 479. The standard InChI is InChI=1S/C14H18N2O/c1-2-7-14(8-9-15-10-14)13-16-11-5-3-4-6-12(11)17-13/h3-6,15H,2,7-10H2,1H3. The molecule has 0 aliphatic carbocycles. The molecule has 0 spiro atoms. The number of para-hydroxylation sites is 2. The molecule has 1 aromatic carbocycles. The lowest BCUT2D eigenvalue weighted by Crippen LogP contribution is -2.29. The average Bonchev–Trinajstić information content (AvgIpc) is 2.95. The average molecular weight is 230 g/mol. The van der Waals surface area contributed by atoms with Crippen LogP contribution >= 0.6 is 0 Å². The van der Waals surface area contributed by atoms with E-state index in [-0.39, 0.29) is 5.41 Å². The van der Waals surface area contributed by atoms with Gasteiger partial charge < -0.3 is 9.73 Å². The first-order valence-electron chi connectivity index (χ1n) is 6.41. The Labute approximate surface area is 101 Å². The van der Waals surface area contributed by atoms with Gasteiger partial charge in [-0.3, -0.25) is 0 Å². The van der Waals surface area contributed by atoms with Crippen molar-refractivity contribution in [3.63, 3.8) is 0 Å². The summed E-state index contributed by atoms with van der Waals surface area (Å²) in [7, 11) is 0. The van der Waals surface area contributed by atoms with E-state index in [1.807, 2.05) is 24.3 Å². The summed E-state index contributed by atoms with van der Waals surface area (Å²) in [5.41, 5.74) is 2.00. The summed E-state index contributed by atoms with van der Waals surface area (Å²) in [6, 6.07) is 8.02. The van der Waals surface area contributed by atoms with Crippen molar-refractivity contribution < 1.29 is 4.42 Å². The normalized spacial score (nSPS) is 24.5. The van der Waals surface area contributed by atoms with Crippen LogP contribution in [0.25, 0.3) is 11.1 Å². The van der Waals surface area contributed by atoms with Gasteiger partial charge in [0.25, 0.3) is 0 Å². The van der Waals surface area contributed by atoms with Crippen LogP contribution in [0.2, 0.25) is 0 Å². The Morgan fingerprint density at radius 1 is 1.41 bits per heavy atom. The van der Waals surface area contributed by atoms with E-state index in [0.717, 1.165) is 42.9 Å². The molecule has 1 aliphatic heterocycles. The maximum Gasteiger partial charge on any atom is 0.203 e. The molecular formula is C14H18N2O. The van der Waals surface area contributed by atoms with Crippen LogP contribution in [0.5, 0.6) is 0 Å². The molecule has 1 saturated heterocycles. The predicted octanol–water partition coefficient (Wildman–Crippen LogP) is 2.86. The highest BCUT2D eigenvalue weighted by Gasteiger charge is 2.39. The molecule has 90 valence electrons. The smallest absolute Gasteiger partial charge is 0.203 e. The van der Waals surface area contributed by atoms with E-state index in [2.05, 4.69) is 17.2 Å². The molecule has 0 radical (unpaired) electrons. The van der Waals surface area contributed by atoms with E-state index in [1.54, 1.807) is 0 Å². The molecule has 1 unspecified atom stereocenters. The third-order valence-corrected chi connectivity index (χ3v) is 3.72. The fraction of sp³-hybridized carbons (Fsp3) is 0.500. The molecule has 3 heteroatoms. The van der Waals surface area contributed by atoms with Crippen molar-refractivity contribution in [3.8, 4) is 0 Å². The predicted molar refractivity (Wildman–Crippen MR) is 68.1 cm³/mol. The first-order chi connectivity index (χ1) is 8.34. The van der Waals surface area contributed by atoms with Crippen LogP contribution < -0.4 is 5.32 Å². The fourth-order valence-electron chi connectivity index (χ4n) is 2.82.